The summed E-state index contributed by atoms with van der Waals surface area (Å²) in [7, 11) is 1.33. The van der Waals surface area contributed by atoms with E-state index >= 15 is 0 Å². The Morgan fingerprint density at radius 1 is 1.20 bits per heavy atom. The molecule has 0 atom stereocenters. The fraction of sp³-hybridized carbons (Fsp3) is 0.167. The van der Waals surface area contributed by atoms with E-state index in [4.69, 9.17) is 4.84 Å². The van der Waals surface area contributed by atoms with Gasteiger partial charge in [-0.1, -0.05) is 33.2 Å². The number of hydrogen-bond donors (Lipinski definition) is 1. The quantitative estimate of drug-likeness (QED) is 0.453. The van der Waals surface area contributed by atoms with E-state index in [2.05, 4.69) is 31.1 Å². The Bertz CT molecular complexity index is 788. The maximum Gasteiger partial charge on any atom is 0.337 e. The molecule has 0 fully saturated rings. The number of anilines is 1. The highest BCUT2D eigenvalue weighted by Gasteiger charge is 2.05. The fourth-order valence-corrected chi connectivity index (χ4v) is 2.18. The number of esters is 1. The van der Waals surface area contributed by atoms with Crippen molar-refractivity contribution in [2.45, 2.75) is 6.92 Å². The van der Waals surface area contributed by atoms with Gasteiger partial charge in [0.2, 0.25) is 0 Å². The fourth-order valence-electron chi connectivity index (χ4n) is 1.94. The molecule has 130 valence electrons. The van der Waals surface area contributed by atoms with Crippen LogP contribution in [0.1, 0.15) is 21.5 Å². The van der Waals surface area contributed by atoms with Crippen molar-refractivity contribution in [3.63, 3.8) is 0 Å². The third-order valence-electron chi connectivity index (χ3n) is 3.25. The van der Waals surface area contributed by atoms with Gasteiger partial charge in [-0.05, 0) is 48.4 Å². The first-order valence-corrected chi connectivity index (χ1v) is 8.18. The van der Waals surface area contributed by atoms with Gasteiger partial charge in [0.15, 0.2) is 6.61 Å². The molecule has 1 amide bonds. The molecule has 25 heavy (non-hydrogen) atoms. The van der Waals surface area contributed by atoms with Gasteiger partial charge in [0.25, 0.3) is 5.91 Å². The Hall–Kier alpha value is -2.67. The molecule has 0 aliphatic heterocycles. The van der Waals surface area contributed by atoms with Crippen molar-refractivity contribution >= 4 is 39.7 Å². The lowest BCUT2D eigenvalue weighted by Crippen LogP contribution is -2.17. The lowest BCUT2D eigenvalue weighted by Gasteiger charge is -2.06. The molecule has 7 heteroatoms. The van der Waals surface area contributed by atoms with E-state index in [9.17, 15) is 9.59 Å². The predicted molar refractivity (Wildman–Crippen MR) is 98.8 cm³/mol. The summed E-state index contributed by atoms with van der Waals surface area (Å²) in [4.78, 5) is 28.1. The standard InChI is InChI=1S/C18H17BrN2O4/c1-12-9-15(7-8-16(12)19)21-17(22)11-25-20-10-13-3-5-14(6-4-13)18(23)24-2/h3-10H,11H2,1-2H3,(H,21,22)/b20-10+. The molecule has 0 spiro atoms. The number of ether oxygens (including phenoxy) is 1. The molecule has 0 saturated carbocycles. The maximum absolute atomic E-state index is 11.8. The Kier molecular flexibility index (Phi) is 6.71. The minimum Gasteiger partial charge on any atom is -0.465 e. The van der Waals surface area contributed by atoms with Gasteiger partial charge in [0.05, 0.1) is 18.9 Å². The number of nitrogens with zero attached hydrogens (tertiary/aromatic N) is 1. The number of oxime groups is 1. The van der Waals surface area contributed by atoms with Gasteiger partial charge in [-0.2, -0.15) is 0 Å². The van der Waals surface area contributed by atoms with Crippen LogP contribution < -0.4 is 5.32 Å². The number of carbonyl (C=O) groups excluding carboxylic acids is 2. The SMILES string of the molecule is COC(=O)c1ccc(/C=N/OCC(=O)Nc2ccc(Br)c(C)c2)cc1. The van der Waals surface area contributed by atoms with Gasteiger partial charge in [0.1, 0.15) is 0 Å². The van der Waals surface area contributed by atoms with Crippen LogP contribution in [0.5, 0.6) is 0 Å². The van der Waals surface area contributed by atoms with Crippen LogP contribution in [0, 0.1) is 6.92 Å². The third kappa shape index (κ3) is 5.72. The monoisotopic (exact) mass is 404 g/mol. The molecule has 0 unspecified atom stereocenters. The summed E-state index contributed by atoms with van der Waals surface area (Å²) in [5.74, 6) is -0.709. The lowest BCUT2D eigenvalue weighted by molar-refractivity contribution is -0.120. The smallest absolute Gasteiger partial charge is 0.337 e. The Morgan fingerprint density at radius 3 is 2.56 bits per heavy atom. The molecule has 1 N–H and O–H groups in total. The van der Waals surface area contributed by atoms with Crippen LogP contribution in [0.2, 0.25) is 0 Å². The van der Waals surface area contributed by atoms with E-state index in [1.165, 1.54) is 13.3 Å². The number of methoxy groups -OCH3 is 1. The Balaban J connectivity index is 1.81. The van der Waals surface area contributed by atoms with Crippen molar-refractivity contribution < 1.29 is 19.2 Å². The molecule has 2 aromatic rings. The maximum atomic E-state index is 11.8. The molecule has 0 radical (unpaired) electrons. The van der Waals surface area contributed by atoms with Crippen LogP contribution in [0.3, 0.4) is 0 Å². The number of nitrogens with one attached hydrogen (secondary N) is 1. The molecule has 2 aromatic carbocycles. The van der Waals surface area contributed by atoms with E-state index in [0.29, 0.717) is 11.3 Å². The second-order valence-electron chi connectivity index (χ2n) is 5.13. The number of aryl methyl sites for hydroxylation is 1. The van der Waals surface area contributed by atoms with Crippen LogP contribution in [0.25, 0.3) is 0 Å². The summed E-state index contributed by atoms with van der Waals surface area (Å²) < 4.78 is 5.60. The van der Waals surface area contributed by atoms with Crippen molar-refractivity contribution in [3.05, 3.63) is 63.6 Å². The van der Waals surface area contributed by atoms with E-state index in [1.54, 1.807) is 30.3 Å². The summed E-state index contributed by atoms with van der Waals surface area (Å²) in [6, 6.07) is 12.1. The first-order valence-electron chi connectivity index (χ1n) is 7.39. The number of carbonyl (C=O) groups is 2. The zero-order valence-corrected chi connectivity index (χ0v) is 15.4. The molecule has 6 nitrogen and oxygen atoms in total. The van der Waals surface area contributed by atoms with Crippen molar-refractivity contribution in [2.24, 2.45) is 5.16 Å². The van der Waals surface area contributed by atoms with E-state index in [1.807, 2.05) is 19.1 Å². The summed E-state index contributed by atoms with van der Waals surface area (Å²) in [5, 5.41) is 6.47. The summed E-state index contributed by atoms with van der Waals surface area (Å²) >= 11 is 3.40. The van der Waals surface area contributed by atoms with Gasteiger partial charge in [-0.3, -0.25) is 4.79 Å². The number of amides is 1. The molecule has 0 aliphatic rings. The number of halogens is 1. The highest BCUT2D eigenvalue weighted by atomic mass is 79.9. The number of hydrogen-bond acceptors (Lipinski definition) is 5. The van der Waals surface area contributed by atoms with Crippen molar-refractivity contribution in [3.8, 4) is 0 Å². The number of benzene rings is 2. The van der Waals surface area contributed by atoms with Gasteiger partial charge in [0, 0.05) is 10.2 Å². The van der Waals surface area contributed by atoms with Crippen LogP contribution in [0.4, 0.5) is 5.69 Å². The Labute approximate surface area is 153 Å². The van der Waals surface area contributed by atoms with Crippen LogP contribution in [-0.4, -0.2) is 31.8 Å². The zero-order chi connectivity index (χ0) is 18.2. The van der Waals surface area contributed by atoms with Gasteiger partial charge in [-0.15, -0.1) is 0 Å². The van der Waals surface area contributed by atoms with Gasteiger partial charge < -0.3 is 14.9 Å². The third-order valence-corrected chi connectivity index (χ3v) is 4.14. The van der Waals surface area contributed by atoms with E-state index < -0.39 is 5.97 Å². The lowest BCUT2D eigenvalue weighted by atomic mass is 10.1. The summed E-state index contributed by atoms with van der Waals surface area (Å²) in [6.07, 6.45) is 1.46. The molecular formula is C18H17BrN2O4. The normalized spacial score (nSPS) is 10.5. The summed E-state index contributed by atoms with van der Waals surface area (Å²) in [5.41, 5.74) is 2.89. The zero-order valence-electron chi connectivity index (χ0n) is 13.8. The topological polar surface area (TPSA) is 77.0 Å². The molecule has 0 aromatic heterocycles. The van der Waals surface area contributed by atoms with Crippen LogP contribution in [-0.2, 0) is 14.4 Å². The van der Waals surface area contributed by atoms with Crippen molar-refractivity contribution in [1.29, 1.82) is 0 Å². The van der Waals surface area contributed by atoms with Gasteiger partial charge >= 0.3 is 5.97 Å². The van der Waals surface area contributed by atoms with Crippen molar-refractivity contribution in [2.75, 3.05) is 19.0 Å². The van der Waals surface area contributed by atoms with E-state index in [-0.39, 0.29) is 12.5 Å². The summed E-state index contributed by atoms with van der Waals surface area (Å²) in [6.45, 7) is 1.73. The van der Waals surface area contributed by atoms with Crippen molar-refractivity contribution in [1.82, 2.24) is 0 Å². The van der Waals surface area contributed by atoms with Crippen LogP contribution in [0.15, 0.2) is 52.1 Å². The first kappa shape index (κ1) is 18.7. The average Bonchev–Trinajstić information content (AvgIpc) is 2.62. The molecule has 2 rings (SSSR count). The average molecular weight is 405 g/mol. The minimum absolute atomic E-state index is 0.203. The molecule has 0 saturated heterocycles. The molecule has 0 bridgehead atoms. The second-order valence-corrected chi connectivity index (χ2v) is 5.99. The Morgan fingerprint density at radius 2 is 1.92 bits per heavy atom. The van der Waals surface area contributed by atoms with Gasteiger partial charge in [-0.25, -0.2) is 4.79 Å². The predicted octanol–water partition coefficient (Wildman–Crippen LogP) is 3.53. The minimum atomic E-state index is -0.403. The second kappa shape index (κ2) is 8.98. The molecule has 0 aliphatic carbocycles. The highest BCUT2D eigenvalue weighted by molar-refractivity contribution is 9.10. The van der Waals surface area contributed by atoms with E-state index in [0.717, 1.165) is 15.6 Å². The number of rotatable bonds is 6. The largest absolute Gasteiger partial charge is 0.465 e. The first-order chi connectivity index (χ1) is 12.0. The highest BCUT2D eigenvalue weighted by Crippen LogP contribution is 2.19. The molecular weight excluding hydrogens is 388 g/mol. The molecule has 0 heterocycles. The van der Waals surface area contributed by atoms with Crippen LogP contribution >= 0.6 is 15.9 Å².